The maximum atomic E-state index is 9.13. The number of rotatable bonds is 3. The summed E-state index contributed by atoms with van der Waals surface area (Å²) in [6.07, 6.45) is 0.852. The molecule has 0 radical (unpaired) electrons. The van der Waals surface area contributed by atoms with Crippen molar-refractivity contribution in [2.45, 2.75) is 6.42 Å². The van der Waals surface area contributed by atoms with Gasteiger partial charge in [-0.2, -0.15) is 0 Å². The Balaban J connectivity index is 0.00000144. The Bertz CT molecular complexity index is 266. The Hall–Kier alpha value is -0.930. The Morgan fingerprint density at radius 1 is 1.23 bits per heavy atom. The van der Waals surface area contributed by atoms with Crippen molar-refractivity contribution < 1.29 is 22.6 Å². The average Bonchev–Trinajstić information content (AvgIpc) is 2.07. The lowest BCUT2D eigenvalue weighted by Crippen LogP contribution is -3.00. The van der Waals surface area contributed by atoms with E-state index in [1.165, 1.54) is 6.07 Å². The summed E-state index contributed by atoms with van der Waals surface area (Å²) >= 11 is 0. The molecule has 1 aromatic carbocycles. The van der Waals surface area contributed by atoms with Crippen molar-refractivity contribution in [3.63, 3.8) is 0 Å². The summed E-state index contributed by atoms with van der Waals surface area (Å²) in [5.74, 6) is -0.119. The molecule has 1 aromatic rings. The Morgan fingerprint density at radius 3 is 2.46 bits per heavy atom. The molecule has 3 N–H and O–H groups in total. The van der Waals surface area contributed by atoms with Crippen LogP contribution < -0.4 is 17.7 Å². The van der Waals surface area contributed by atoms with Crippen molar-refractivity contribution in [2.75, 3.05) is 13.6 Å². The molecule has 0 atom stereocenters. The summed E-state index contributed by atoms with van der Waals surface area (Å²) in [5, 5.41) is 21.1. The highest BCUT2D eigenvalue weighted by molar-refractivity contribution is 5.40. The Morgan fingerprint density at radius 2 is 1.92 bits per heavy atom. The predicted octanol–water partition coefficient (Wildman–Crippen LogP) is -2.14. The normalized spacial score (nSPS) is 9.31. The second kappa shape index (κ2) is 5.67. The van der Waals surface area contributed by atoms with Gasteiger partial charge in [-0.1, -0.05) is 6.07 Å². The first-order chi connectivity index (χ1) is 5.74. The van der Waals surface area contributed by atoms with Crippen LogP contribution in [0.25, 0.3) is 0 Å². The van der Waals surface area contributed by atoms with Crippen molar-refractivity contribution in [3.8, 4) is 11.5 Å². The highest BCUT2D eigenvalue weighted by Gasteiger charge is 1.99. The number of hydrogen-bond acceptors (Lipinski definition) is 3. The number of phenols is 2. The van der Waals surface area contributed by atoms with Crippen molar-refractivity contribution >= 4 is 0 Å². The molecule has 0 amide bonds. The molecule has 0 bridgehead atoms. The minimum atomic E-state index is -0.0665. The standard InChI is InChI=1S/C9H13NO2.ClH/c1-10-5-4-7-2-3-8(11)9(12)6-7;/h2-3,6,10-12H,4-5H2,1H3;1H/p-1. The van der Waals surface area contributed by atoms with E-state index >= 15 is 0 Å². The number of phenolic OH excluding ortho intramolecular Hbond substituents is 2. The van der Waals surface area contributed by atoms with Gasteiger partial charge < -0.3 is 27.9 Å². The number of likely N-dealkylation sites (N-methyl/N-ethyl adjacent to an activating group) is 1. The summed E-state index contributed by atoms with van der Waals surface area (Å²) in [7, 11) is 1.88. The van der Waals surface area contributed by atoms with Crippen LogP contribution in [0.15, 0.2) is 18.2 Å². The number of benzene rings is 1. The van der Waals surface area contributed by atoms with E-state index in [9.17, 15) is 0 Å². The fourth-order valence-corrected chi connectivity index (χ4v) is 0.994. The van der Waals surface area contributed by atoms with Gasteiger partial charge in [0.15, 0.2) is 11.5 Å². The van der Waals surface area contributed by atoms with E-state index in [0.717, 1.165) is 18.5 Å². The molecule has 0 spiro atoms. The van der Waals surface area contributed by atoms with Crippen molar-refractivity contribution in [2.24, 2.45) is 0 Å². The zero-order valence-electron chi connectivity index (χ0n) is 7.42. The summed E-state index contributed by atoms with van der Waals surface area (Å²) in [6, 6.07) is 4.87. The van der Waals surface area contributed by atoms with E-state index in [1.807, 2.05) is 7.05 Å². The maximum Gasteiger partial charge on any atom is 0.157 e. The van der Waals surface area contributed by atoms with Crippen LogP contribution in [-0.2, 0) is 6.42 Å². The lowest BCUT2D eigenvalue weighted by Gasteiger charge is -2.02. The van der Waals surface area contributed by atoms with Gasteiger partial charge in [-0.15, -0.1) is 0 Å². The molecule has 0 heterocycles. The number of nitrogens with one attached hydrogen (secondary N) is 1. The zero-order chi connectivity index (χ0) is 8.97. The van der Waals surface area contributed by atoms with Crippen LogP contribution in [-0.4, -0.2) is 23.8 Å². The summed E-state index contributed by atoms with van der Waals surface area (Å²) in [6.45, 7) is 0.865. The molecule has 74 valence electrons. The van der Waals surface area contributed by atoms with Crippen LogP contribution in [0.4, 0.5) is 0 Å². The topological polar surface area (TPSA) is 52.5 Å². The van der Waals surface area contributed by atoms with E-state index in [1.54, 1.807) is 12.1 Å². The third-order valence-electron chi connectivity index (χ3n) is 1.70. The largest absolute Gasteiger partial charge is 1.00 e. The smallest absolute Gasteiger partial charge is 0.157 e. The van der Waals surface area contributed by atoms with Gasteiger partial charge >= 0.3 is 0 Å². The monoisotopic (exact) mass is 202 g/mol. The van der Waals surface area contributed by atoms with Gasteiger partial charge in [0, 0.05) is 0 Å². The molecular formula is C9H13ClNO2-. The second-order valence-corrected chi connectivity index (χ2v) is 2.68. The molecule has 4 heteroatoms. The van der Waals surface area contributed by atoms with Crippen LogP contribution in [0.1, 0.15) is 5.56 Å². The summed E-state index contributed by atoms with van der Waals surface area (Å²) in [4.78, 5) is 0. The molecule has 0 aliphatic heterocycles. The van der Waals surface area contributed by atoms with Gasteiger partial charge in [0.2, 0.25) is 0 Å². The van der Waals surface area contributed by atoms with Crippen LogP contribution in [0.2, 0.25) is 0 Å². The third-order valence-corrected chi connectivity index (χ3v) is 1.70. The molecule has 0 aliphatic carbocycles. The van der Waals surface area contributed by atoms with E-state index in [0.29, 0.717) is 0 Å². The molecule has 1 rings (SSSR count). The van der Waals surface area contributed by atoms with Crippen LogP contribution >= 0.6 is 0 Å². The molecule has 0 aromatic heterocycles. The second-order valence-electron chi connectivity index (χ2n) is 2.68. The van der Waals surface area contributed by atoms with Gasteiger partial charge in [0.1, 0.15) is 0 Å². The fourth-order valence-electron chi connectivity index (χ4n) is 0.994. The van der Waals surface area contributed by atoms with Crippen molar-refractivity contribution in [3.05, 3.63) is 23.8 Å². The molecule has 0 fully saturated rings. The van der Waals surface area contributed by atoms with Gasteiger partial charge in [0.05, 0.1) is 0 Å². The first kappa shape index (κ1) is 12.1. The zero-order valence-corrected chi connectivity index (χ0v) is 8.17. The average molecular weight is 203 g/mol. The van der Waals surface area contributed by atoms with Crippen molar-refractivity contribution in [1.82, 2.24) is 5.32 Å². The van der Waals surface area contributed by atoms with E-state index < -0.39 is 0 Å². The van der Waals surface area contributed by atoms with Crippen LogP contribution in [0.5, 0.6) is 11.5 Å². The van der Waals surface area contributed by atoms with Gasteiger partial charge in [-0.3, -0.25) is 0 Å². The van der Waals surface area contributed by atoms with E-state index in [4.69, 9.17) is 10.2 Å². The summed E-state index contributed by atoms with van der Waals surface area (Å²) < 4.78 is 0. The number of halogens is 1. The predicted molar refractivity (Wildman–Crippen MR) is 47.4 cm³/mol. The Kier molecular flexibility index (Phi) is 5.26. The van der Waals surface area contributed by atoms with Gasteiger partial charge in [-0.25, -0.2) is 0 Å². The Labute approximate surface area is 83.8 Å². The van der Waals surface area contributed by atoms with Gasteiger partial charge in [-0.05, 0) is 37.7 Å². The molecule has 0 saturated heterocycles. The molecule has 13 heavy (non-hydrogen) atoms. The van der Waals surface area contributed by atoms with Gasteiger partial charge in [0.25, 0.3) is 0 Å². The lowest BCUT2D eigenvalue weighted by molar-refractivity contribution is -0.00000434. The fraction of sp³-hybridized carbons (Fsp3) is 0.333. The van der Waals surface area contributed by atoms with E-state index in [2.05, 4.69) is 5.32 Å². The minimum Gasteiger partial charge on any atom is -1.00 e. The van der Waals surface area contributed by atoms with Crippen LogP contribution in [0, 0.1) is 0 Å². The first-order valence-electron chi connectivity index (χ1n) is 3.89. The van der Waals surface area contributed by atoms with E-state index in [-0.39, 0.29) is 23.9 Å². The molecule has 0 saturated carbocycles. The number of hydrogen-bond donors (Lipinski definition) is 3. The van der Waals surface area contributed by atoms with Crippen molar-refractivity contribution in [1.29, 1.82) is 0 Å². The summed E-state index contributed by atoms with van der Waals surface area (Å²) in [5.41, 5.74) is 1.01. The maximum absolute atomic E-state index is 9.13. The van der Waals surface area contributed by atoms with Crippen LogP contribution in [0.3, 0.4) is 0 Å². The molecule has 0 aliphatic rings. The minimum absolute atomic E-state index is 0. The SMILES string of the molecule is CNCCc1ccc(O)c(O)c1.[Cl-]. The molecular weight excluding hydrogens is 190 g/mol. The molecule has 0 unspecified atom stereocenters. The number of aromatic hydroxyl groups is 2. The third kappa shape index (κ3) is 3.53. The first-order valence-corrected chi connectivity index (χ1v) is 3.89. The molecule has 3 nitrogen and oxygen atoms in total. The highest BCUT2D eigenvalue weighted by Crippen LogP contribution is 2.24. The lowest BCUT2D eigenvalue weighted by atomic mass is 10.1. The highest BCUT2D eigenvalue weighted by atomic mass is 35.5. The quantitative estimate of drug-likeness (QED) is 0.491.